The summed E-state index contributed by atoms with van der Waals surface area (Å²) in [6.07, 6.45) is 0. The van der Waals surface area contributed by atoms with Crippen molar-refractivity contribution in [3.8, 4) is 28.0 Å². The highest BCUT2D eigenvalue weighted by molar-refractivity contribution is 7.13. The molecule has 0 aliphatic carbocycles. The molecule has 94 valence electrons. The fourth-order valence-electron chi connectivity index (χ4n) is 1.90. The smallest absolute Gasteiger partial charge is 0.224 e. The summed E-state index contributed by atoms with van der Waals surface area (Å²) in [4.78, 5) is 4.41. The van der Waals surface area contributed by atoms with Crippen molar-refractivity contribution in [1.82, 2.24) is 4.98 Å². The van der Waals surface area contributed by atoms with Crippen LogP contribution in [0.1, 0.15) is 5.56 Å². The molecule has 18 heavy (non-hydrogen) atoms. The summed E-state index contributed by atoms with van der Waals surface area (Å²) in [6.45, 7) is 3.25. The molecular weight excluding hydrogens is 250 g/mol. The van der Waals surface area contributed by atoms with Gasteiger partial charge in [-0.3, -0.25) is 0 Å². The Hall–Kier alpha value is -1.75. The van der Waals surface area contributed by atoms with Gasteiger partial charge in [0.05, 0.1) is 12.5 Å². The van der Waals surface area contributed by atoms with Crippen molar-refractivity contribution >= 4 is 11.3 Å². The fourth-order valence-corrected chi connectivity index (χ4v) is 2.75. The van der Waals surface area contributed by atoms with Gasteiger partial charge in [-0.25, -0.2) is 4.98 Å². The molecule has 1 aliphatic rings. The van der Waals surface area contributed by atoms with Gasteiger partial charge >= 0.3 is 0 Å². The Balaban J connectivity index is 2.06. The van der Waals surface area contributed by atoms with E-state index in [-0.39, 0.29) is 0 Å². The molecule has 0 fully saturated rings. The Kier molecular flexibility index (Phi) is 2.83. The highest BCUT2D eigenvalue weighted by Crippen LogP contribution is 2.38. The number of rotatable bonds is 2. The van der Waals surface area contributed by atoms with E-state index in [9.17, 15) is 0 Å². The van der Waals surface area contributed by atoms with Crippen molar-refractivity contribution in [2.75, 3.05) is 20.3 Å². The molecule has 0 N–H and O–H groups in total. The van der Waals surface area contributed by atoms with E-state index in [4.69, 9.17) is 14.2 Å². The molecule has 0 spiro atoms. The topological polar surface area (TPSA) is 40.6 Å². The number of aromatic nitrogens is 1. The second-order valence-corrected chi connectivity index (χ2v) is 4.86. The normalized spacial score (nSPS) is 13.4. The van der Waals surface area contributed by atoms with Crippen molar-refractivity contribution in [1.29, 1.82) is 0 Å². The minimum Gasteiger partial charge on any atom is -0.486 e. The van der Waals surface area contributed by atoms with Gasteiger partial charge in [0, 0.05) is 5.56 Å². The molecule has 1 aromatic heterocycles. The third kappa shape index (κ3) is 1.90. The lowest BCUT2D eigenvalue weighted by Gasteiger charge is -2.19. The SMILES string of the molecule is COc1csc(-c2cc3c(cc2C)OCCO3)n1. The monoisotopic (exact) mass is 263 g/mol. The van der Waals surface area contributed by atoms with Crippen LogP contribution in [0.2, 0.25) is 0 Å². The molecule has 5 heteroatoms. The zero-order valence-corrected chi connectivity index (χ0v) is 11.0. The van der Waals surface area contributed by atoms with Crippen LogP contribution >= 0.6 is 11.3 Å². The first kappa shape index (κ1) is 11.3. The van der Waals surface area contributed by atoms with Gasteiger partial charge < -0.3 is 14.2 Å². The third-order valence-corrected chi connectivity index (χ3v) is 3.67. The van der Waals surface area contributed by atoms with Crippen LogP contribution in [0.3, 0.4) is 0 Å². The Bertz CT molecular complexity index is 580. The van der Waals surface area contributed by atoms with Crippen molar-refractivity contribution in [2.24, 2.45) is 0 Å². The molecule has 0 saturated heterocycles. The zero-order chi connectivity index (χ0) is 12.5. The molecular formula is C13H13NO3S. The lowest BCUT2D eigenvalue weighted by molar-refractivity contribution is 0.171. The van der Waals surface area contributed by atoms with E-state index in [1.165, 1.54) is 0 Å². The van der Waals surface area contributed by atoms with Crippen molar-refractivity contribution in [2.45, 2.75) is 6.92 Å². The second-order valence-electron chi connectivity index (χ2n) is 4.01. The van der Waals surface area contributed by atoms with Gasteiger partial charge in [0.1, 0.15) is 18.2 Å². The Morgan fingerprint density at radius 3 is 2.61 bits per heavy atom. The minimum absolute atomic E-state index is 0.594. The lowest BCUT2D eigenvalue weighted by Crippen LogP contribution is -2.15. The van der Waals surface area contributed by atoms with Crippen LogP contribution in [0.15, 0.2) is 17.5 Å². The second kappa shape index (κ2) is 4.49. The van der Waals surface area contributed by atoms with Gasteiger partial charge in [0.2, 0.25) is 5.88 Å². The molecule has 2 aromatic rings. The minimum atomic E-state index is 0.594. The number of thiazole rings is 1. The average Bonchev–Trinajstić information content (AvgIpc) is 2.86. The average molecular weight is 263 g/mol. The number of fused-ring (bicyclic) bond motifs is 1. The maximum absolute atomic E-state index is 5.59. The number of nitrogens with zero attached hydrogens (tertiary/aromatic N) is 1. The van der Waals surface area contributed by atoms with Crippen LogP contribution < -0.4 is 14.2 Å². The maximum atomic E-state index is 5.59. The van der Waals surface area contributed by atoms with Gasteiger partial charge in [-0.2, -0.15) is 0 Å². The van der Waals surface area contributed by atoms with Crippen LogP contribution in [0.4, 0.5) is 0 Å². The zero-order valence-electron chi connectivity index (χ0n) is 10.2. The van der Waals surface area contributed by atoms with Crippen LogP contribution in [0, 0.1) is 6.92 Å². The van der Waals surface area contributed by atoms with E-state index in [2.05, 4.69) is 4.98 Å². The molecule has 4 nitrogen and oxygen atoms in total. The highest BCUT2D eigenvalue weighted by Gasteiger charge is 2.16. The summed E-state index contributed by atoms with van der Waals surface area (Å²) in [7, 11) is 1.62. The number of benzene rings is 1. The van der Waals surface area contributed by atoms with Gasteiger partial charge in [-0.1, -0.05) is 0 Å². The molecule has 1 aliphatic heterocycles. The summed E-state index contributed by atoms with van der Waals surface area (Å²) in [5.41, 5.74) is 2.18. The standard InChI is InChI=1S/C13H13NO3S/c1-8-5-10-11(17-4-3-16-10)6-9(8)13-14-12(15-2)7-18-13/h5-7H,3-4H2,1-2H3. The Labute approximate surface area is 109 Å². The quantitative estimate of drug-likeness (QED) is 0.835. The maximum Gasteiger partial charge on any atom is 0.224 e. The number of hydrogen-bond donors (Lipinski definition) is 0. The van der Waals surface area contributed by atoms with E-state index in [0.717, 1.165) is 27.6 Å². The number of methoxy groups -OCH3 is 1. The van der Waals surface area contributed by atoms with Crippen LogP contribution in [0.5, 0.6) is 17.4 Å². The van der Waals surface area contributed by atoms with Gasteiger partial charge in [0.25, 0.3) is 0 Å². The van der Waals surface area contributed by atoms with Gasteiger partial charge in [-0.05, 0) is 24.6 Å². The van der Waals surface area contributed by atoms with Crippen LogP contribution in [-0.4, -0.2) is 25.3 Å². The van der Waals surface area contributed by atoms with E-state index < -0.39 is 0 Å². The summed E-state index contributed by atoms with van der Waals surface area (Å²) in [5, 5.41) is 2.83. The first-order valence-electron chi connectivity index (χ1n) is 5.68. The van der Waals surface area contributed by atoms with E-state index in [0.29, 0.717) is 19.1 Å². The summed E-state index contributed by atoms with van der Waals surface area (Å²) >= 11 is 1.56. The number of ether oxygens (including phenoxy) is 3. The van der Waals surface area contributed by atoms with Crippen molar-refractivity contribution in [3.63, 3.8) is 0 Å². The van der Waals surface area contributed by atoms with Gasteiger partial charge in [-0.15, -0.1) is 11.3 Å². The predicted octanol–water partition coefficient (Wildman–Crippen LogP) is 2.90. The van der Waals surface area contributed by atoms with E-state index in [1.807, 2.05) is 24.4 Å². The summed E-state index contributed by atoms with van der Waals surface area (Å²) < 4.78 is 16.3. The molecule has 0 bridgehead atoms. The van der Waals surface area contributed by atoms with Crippen molar-refractivity contribution < 1.29 is 14.2 Å². The largest absolute Gasteiger partial charge is 0.486 e. The molecule has 0 radical (unpaired) electrons. The van der Waals surface area contributed by atoms with Crippen molar-refractivity contribution in [3.05, 3.63) is 23.1 Å². The Morgan fingerprint density at radius 1 is 1.22 bits per heavy atom. The molecule has 0 atom stereocenters. The van der Waals surface area contributed by atoms with E-state index in [1.54, 1.807) is 18.4 Å². The first-order valence-corrected chi connectivity index (χ1v) is 6.56. The summed E-state index contributed by atoms with van der Waals surface area (Å²) in [6, 6.07) is 3.99. The van der Waals surface area contributed by atoms with E-state index >= 15 is 0 Å². The first-order chi connectivity index (χ1) is 8.78. The molecule has 2 heterocycles. The highest BCUT2D eigenvalue weighted by atomic mass is 32.1. The predicted molar refractivity (Wildman–Crippen MR) is 69.8 cm³/mol. The molecule has 0 saturated carbocycles. The Morgan fingerprint density at radius 2 is 1.94 bits per heavy atom. The molecule has 0 unspecified atom stereocenters. The van der Waals surface area contributed by atoms with Gasteiger partial charge in [0.15, 0.2) is 11.5 Å². The fraction of sp³-hybridized carbons (Fsp3) is 0.308. The van der Waals surface area contributed by atoms with Crippen LogP contribution in [-0.2, 0) is 0 Å². The number of hydrogen-bond acceptors (Lipinski definition) is 5. The number of aryl methyl sites for hydroxylation is 1. The molecule has 1 aromatic carbocycles. The molecule has 3 rings (SSSR count). The summed E-state index contributed by atoms with van der Waals surface area (Å²) in [5.74, 6) is 2.24. The molecule has 0 amide bonds. The third-order valence-electron chi connectivity index (χ3n) is 2.81. The lowest BCUT2D eigenvalue weighted by atomic mass is 10.1. The van der Waals surface area contributed by atoms with Crippen LogP contribution in [0.25, 0.3) is 10.6 Å².